The standard InChI is InChI=1S/C15H28N2O/c1-3-7-15(8-9-15)12-16-13(2)14(18)17-10-5-4-6-11-17/h13,16H,3-12H2,1-2H3. The van der Waals surface area contributed by atoms with Crippen molar-refractivity contribution in [2.24, 2.45) is 5.41 Å². The van der Waals surface area contributed by atoms with Gasteiger partial charge in [0.2, 0.25) is 5.91 Å². The Morgan fingerprint density at radius 2 is 1.94 bits per heavy atom. The lowest BCUT2D eigenvalue weighted by molar-refractivity contribution is -0.134. The fourth-order valence-corrected chi connectivity index (χ4v) is 3.07. The summed E-state index contributed by atoms with van der Waals surface area (Å²) in [6, 6.07) is -0.00238. The van der Waals surface area contributed by atoms with Gasteiger partial charge in [-0.1, -0.05) is 13.3 Å². The summed E-state index contributed by atoms with van der Waals surface area (Å²) in [7, 11) is 0. The molecule has 3 heteroatoms. The van der Waals surface area contributed by atoms with Gasteiger partial charge >= 0.3 is 0 Å². The Bertz CT molecular complexity index is 280. The van der Waals surface area contributed by atoms with Crippen molar-refractivity contribution in [3.05, 3.63) is 0 Å². The summed E-state index contributed by atoms with van der Waals surface area (Å²) in [4.78, 5) is 14.3. The monoisotopic (exact) mass is 252 g/mol. The summed E-state index contributed by atoms with van der Waals surface area (Å²) in [6.07, 6.45) is 8.90. The second kappa shape index (κ2) is 6.05. The van der Waals surface area contributed by atoms with E-state index in [4.69, 9.17) is 0 Å². The number of hydrogen-bond donors (Lipinski definition) is 1. The van der Waals surface area contributed by atoms with Crippen molar-refractivity contribution < 1.29 is 4.79 Å². The van der Waals surface area contributed by atoms with Crippen LogP contribution >= 0.6 is 0 Å². The van der Waals surface area contributed by atoms with Gasteiger partial charge in [-0.2, -0.15) is 0 Å². The lowest BCUT2D eigenvalue weighted by Gasteiger charge is -2.30. The van der Waals surface area contributed by atoms with E-state index in [0.717, 1.165) is 19.6 Å². The first kappa shape index (κ1) is 13.9. The SMILES string of the molecule is CCCC1(CNC(C)C(=O)N2CCCCC2)CC1. The minimum atomic E-state index is -0.00238. The summed E-state index contributed by atoms with van der Waals surface area (Å²) in [6.45, 7) is 7.23. The van der Waals surface area contributed by atoms with E-state index in [1.165, 1.54) is 44.9 Å². The van der Waals surface area contributed by atoms with Gasteiger partial charge in [-0.05, 0) is 50.9 Å². The molecule has 3 nitrogen and oxygen atoms in total. The molecule has 2 fully saturated rings. The maximum absolute atomic E-state index is 12.3. The van der Waals surface area contributed by atoms with Crippen LogP contribution in [0.2, 0.25) is 0 Å². The number of hydrogen-bond acceptors (Lipinski definition) is 2. The number of rotatable bonds is 6. The average molecular weight is 252 g/mol. The van der Waals surface area contributed by atoms with Gasteiger partial charge < -0.3 is 10.2 Å². The van der Waals surface area contributed by atoms with E-state index in [1.54, 1.807) is 0 Å². The van der Waals surface area contributed by atoms with Crippen LogP contribution in [-0.4, -0.2) is 36.5 Å². The molecule has 1 unspecified atom stereocenters. The van der Waals surface area contributed by atoms with Gasteiger partial charge in [0.25, 0.3) is 0 Å². The van der Waals surface area contributed by atoms with Gasteiger partial charge in [0.1, 0.15) is 0 Å². The molecule has 0 radical (unpaired) electrons. The van der Waals surface area contributed by atoms with Crippen molar-refractivity contribution >= 4 is 5.91 Å². The van der Waals surface area contributed by atoms with Gasteiger partial charge in [-0.15, -0.1) is 0 Å². The third kappa shape index (κ3) is 3.47. The highest BCUT2D eigenvalue weighted by Gasteiger charge is 2.41. The lowest BCUT2D eigenvalue weighted by Crippen LogP contribution is -2.48. The van der Waals surface area contributed by atoms with E-state index in [0.29, 0.717) is 11.3 Å². The van der Waals surface area contributed by atoms with Crippen LogP contribution in [0.25, 0.3) is 0 Å². The predicted molar refractivity (Wildman–Crippen MR) is 74.5 cm³/mol. The van der Waals surface area contributed by atoms with Crippen molar-refractivity contribution in [1.82, 2.24) is 10.2 Å². The van der Waals surface area contributed by atoms with Crippen molar-refractivity contribution in [2.75, 3.05) is 19.6 Å². The van der Waals surface area contributed by atoms with Crippen molar-refractivity contribution in [2.45, 2.75) is 64.8 Å². The zero-order valence-electron chi connectivity index (χ0n) is 12.0. The molecule has 104 valence electrons. The first-order valence-corrected chi connectivity index (χ1v) is 7.69. The molecule has 1 saturated carbocycles. The van der Waals surface area contributed by atoms with E-state index in [2.05, 4.69) is 12.2 Å². The number of nitrogens with one attached hydrogen (secondary N) is 1. The number of piperidine rings is 1. The molecule has 1 amide bonds. The summed E-state index contributed by atoms with van der Waals surface area (Å²) in [5, 5.41) is 3.48. The highest BCUT2D eigenvalue weighted by Crippen LogP contribution is 2.48. The lowest BCUT2D eigenvalue weighted by atomic mass is 10.0. The van der Waals surface area contributed by atoms with Crippen LogP contribution in [0.15, 0.2) is 0 Å². The van der Waals surface area contributed by atoms with E-state index in [-0.39, 0.29) is 6.04 Å². The second-order valence-corrected chi connectivity index (χ2v) is 6.24. The van der Waals surface area contributed by atoms with E-state index in [1.807, 2.05) is 11.8 Å². The molecule has 0 aromatic carbocycles. The molecule has 1 atom stereocenters. The fourth-order valence-electron chi connectivity index (χ4n) is 3.07. The Morgan fingerprint density at radius 3 is 2.50 bits per heavy atom. The highest BCUT2D eigenvalue weighted by molar-refractivity contribution is 5.81. The number of carbonyl (C=O) groups excluding carboxylic acids is 1. The molecule has 1 N–H and O–H groups in total. The second-order valence-electron chi connectivity index (χ2n) is 6.24. The van der Waals surface area contributed by atoms with Crippen molar-refractivity contribution in [3.8, 4) is 0 Å². The molecular formula is C15H28N2O. The predicted octanol–water partition coefficient (Wildman–Crippen LogP) is 2.56. The Labute approximate surface area is 111 Å². The highest BCUT2D eigenvalue weighted by atomic mass is 16.2. The van der Waals surface area contributed by atoms with Gasteiger partial charge in [0.05, 0.1) is 6.04 Å². The van der Waals surface area contributed by atoms with Crippen LogP contribution in [-0.2, 0) is 4.79 Å². The Morgan fingerprint density at radius 1 is 1.28 bits per heavy atom. The molecule has 1 heterocycles. The molecular weight excluding hydrogens is 224 g/mol. The minimum absolute atomic E-state index is 0.00238. The molecule has 1 aliphatic heterocycles. The molecule has 1 saturated heterocycles. The zero-order valence-corrected chi connectivity index (χ0v) is 12.0. The van der Waals surface area contributed by atoms with E-state index < -0.39 is 0 Å². The summed E-state index contributed by atoms with van der Waals surface area (Å²) >= 11 is 0. The number of likely N-dealkylation sites (tertiary alicyclic amines) is 1. The maximum Gasteiger partial charge on any atom is 0.239 e. The van der Waals surface area contributed by atoms with Crippen LogP contribution in [0.5, 0.6) is 0 Å². The molecule has 0 spiro atoms. The van der Waals surface area contributed by atoms with E-state index in [9.17, 15) is 4.79 Å². The van der Waals surface area contributed by atoms with Crippen LogP contribution in [0.4, 0.5) is 0 Å². The number of carbonyl (C=O) groups is 1. The smallest absolute Gasteiger partial charge is 0.239 e. The number of nitrogens with zero attached hydrogens (tertiary/aromatic N) is 1. The average Bonchev–Trinajstić information content (AvgIpc) is 3.17. The van der Waals surface area contributed by atoms with Gasteiger partial charge in [-0.25, -0.2) is 0 Å². The largest absolute Gasteiger partial charge is 0.341 e. The van der Waals surface area contributed by atoms with E-state index >= 15 is 0 Å². The molecule has 0 bridgehead atoms. The molecule has 1 aliphatic carbocycles. The molecule has 0 aromatic heterocycles. The third-order valence-corrected chi connectivity index (χ3v) is 4.56. The van der Waals surface area contributed by atoms with Crippen LogP contribution < -0.4 is 5.32 Å². The summed E-state index contributed by atoms with van der Waals surface area (Å²) in [5.41, 5.74) is 0.533. The Balaban J connectivity index is 1.73. The van der Waals surface area contributed by atoms with Crippen LogP contribution in [0.1, 0.15) is 58.8 Å². The zero-order chi connectivity index (χ0) is 13.0. The quantitative estimate of drug-likeness (QED) is 0.788. The molecule has 2 aliphatic rings. The first-order chi connectivity index (χ1) is 8.67. The van der Waals surface area contributed by atoms with Gasteiger partial charge in [0, 0.05) is 19.6 Å². The Kier molecular flexibility index (Phi) is 4.66. The van der Waals surface area contributed by atoms with Gasteiger partial charge in [0.15, 0.2) is 0 Å². The first-order valence-electron chi connectivity index (χ1n) is 7.69. The summed E-state index contributed by atoms with van der Waals surface area (Å²) < 4.78 is 0. The Hall–Kier alpha value is -0.570. The molecule has 18 heavy (non-hydrogen) atoms. The fraction of sp³-hybridized carbons (Fsp3) is 0.933. The number of amides is 1. The van der Waals surface area contributed by atoms with Crippen molar-refractivity contribution in [3.63, 3.8) is 0 Å². The van der Waals surface area contributed by atoms with Crippen molar-refractivity contribution in [1.29, 1.82) is 0 Å². The van der Waals surface area contributed by atoms with Gasteiger partial charge in [-0.3, -0.25) is 4.79 Å². The topological polar surface area (TPSA) is 32.3 Å². The normalized spacial score (nSPS) is 23.8. The summed E-state index contributed by atoms with van der Waals surface area (Å²) in [5.74, 6) is 0.307. The third-order valence-electron chi connectivity index (χ3n) is 4.56. The van der Waals surface area contributed by atoms with Crippen LogP contribution in [0.3, 0.4) is 0 Å². The molecule has 0 aromatic rings. The molecule has 2 rings (SSSR count). The minimum Gasteiger partial charge on any atom is -0.341 e. The van der Waals surface area contributed by atoms with Crippen LogP contribution in [0, 0.1) is 5.41 Å². The maximum atomic E-state index is 12.3.